The second-order valence-corrected chi connectivity index (χ2v) is 6.57. The molecule has 1 aliphatic heterocycles. The first-order valence-electron chi connectivity index (χ1n) is 8.79. The Hall–Kier alpha value is -2.89. The number of carbonyl (C=O) groups excluding carboxylic acids is 2. The number of aromatic nitrogens is 1. The minimum atomic E-state index is -0.0504. The fourth-order valence-corrected chi connectivity index (χ4v) is 3.15. The van der Waals surface area contributed by atoms with Crippen LogP contribution in [0.15, 0.2) is 48.8 Å². The second-order valence-electron chi connectivity index (χ2n) is 6.57. The summed E-state index contributed by atoms with van der Waals surface area (Å²) in [5.74, 6) is 0.0554. The van der Waals surface area contributed by atoms with Gasteiger partial charge in [0.2, 0.25) is 5.91 Å². The fourth-order valence-electron chi connectivity index (χ4n) is 3.15. The highest BCUT2D eigenvalue weighted by Gasteiger charge is 2.20. The number of piperazine rings is 1. The maximum absolute atomic E-state index is 12.7. The normalized spacial score (nSPS) is 14.2. The number of carbonyl (C=O) groups is 2. The average Bonchev–Trinajstić information content (AvgIpc) is 2.68. The molecule has 2 heterocycles. The largest absolute Gasteiger partial charge is 0.367 e. The van der Waals surface area contributed by atoms with E-state index in [-0.39, 0.29) is 11.8 Å². The van der Waals surface area contributed by atoms with Crippen LogP contribution in [-0.4, -0.2) is 59.8 Å². The molecule has 1 aromatic heterocycles. The van der Waals surface area contributed by atoms with Gasteiger partial charge in [-0.2, -0.15) is 0 Å². The fraction of sp³-hybridized carbons (Fsp3) is 0.350. The molecule has 1 fully saturated rings. The minimum absolute atomic E-state index is 0.0504. The number of anilines is 1. The Morgan fingerprint density at radius 2 is 1.77 bits per heavy atom. The summed E-state index contributed by atoms with van der Waals surface area (Å²) < 4.78 is 0. The summed E-state index contributed by atoms with van der Waals surface area (Å²) in [4.78, 5) is 34.2. The zero-order chi connectivity index (χ0) is 18.5. The van der Waals surface area contributed by atoms with Crippen molar-refractivity contribution in [2.75, 3.05) is 38.1 Å². The molecular weight excluding hydrogens is 328 g/mol. The molecule has 0 saturated carbocycles. The molecule has 0 atom stereocenters. The van der Waals surface area contributed by atoms with Gasteiger partial charge in [0, 0.05) is 52.9 Å². The van der Waals surface area contributed by atoms with Crippen LogP contribution in [0.2, 0.25) is 0 Å². The smallest absolute Gasteiger partial charge is 0.255 e. The van der Waals surface area contributed by atoms with E-state index in [0.717, 1.165) is 24.3 Å². The Kier molecular flexibility index (Phi) is 5.51. The molecule has 6 heteroatoms. The van der Waals surface area contributed by atoms with Crippen LogP contribution in [0.25, 0.3) is 0 Å². The second kappa shape index (κ2) is 7.99. The molecule has 6 nitrogen and oxygen atoms in total. The third kappa shape index (κ3) is 4.20. The van der Waals surface area contributed by atoms with Gasteiger partial charge in [-0.25, -0.2) is 0 Å². The molecule has 2 aromatic rings. The van der Waals surface area contributed by atoms with Gasteiger partial charge in [-0.05, 0) is 11.6 Å². The van der Waals surface area contributed by atoms with Crippen molar-refractivity contribution in [2.45, 2.75) is 13.5 Å². The quantitative estimate of drug-likeness (QED) is 0.845. The highest BCUT2D eigenvalue weighted by Crippen LogP contribution is 2.18. The van der Waals surface area contributed by atoms with Crippen LogP contribution in [0.3, 0.4) is 0 Å². The third-order valence-corrected chi connectivity index (χ3v) is 4.67. The Labute approximate surface area is 154 Å². The van der Waals surface area contributed by atoms with Crippen LogP contribution < -0.4 is 4.90 Å². The molecule has 136 valence electrons. The average molecular weight is 352 g/mol. The van der Waals surface area contributed by atoms with Crippen LogP contribution in [0, 0.1) is 0 Å². The van der Waals surface area contributed by atoms with Crippen molar-refractivity contribution < 1.29 is 9.59 Å². The first-order valence-corrected chi connectivity index (χ1v) is 8.79. The van der Waals surface area contributed by atoms with Crippen molar-refractivity contribution in [2.24, 2.45) is 0 Å². The number of nitrogens with zero attached hydrogens (tertiary/aromatic N) is 4. The molecule has 1 aliphatic rings. The lowest BCUT2D eigenvalue weighted by molar-refractivity contribution is -0.129. The number of amides is 2. The molecule has 0 spiro atoms. The predicted octanol–water partition coefficient (Wildman–Crippen LogP) is 2.02. The monoisotopic (exact) mass is 352 g/mol. The number of hydrogen-bond donors (Lipinski definition) is 0. The van der Waals surface area contributed by atoms with Gasteiger partial charge in [-0.1, -0.05) is 30.3 Å². The first kappa shape index (κ1) is 17.9. The Bertz CT molecular complexity index is 770. The zero-order valence-electron chi connectivity index (χ0n) is 15.3. The van der Waals surface area contributed by atoms with Crippen LogP contribution in [0.5, 0.6) is 0 Å². The van der Waals surface area contributed by atoms with Gasteiger partial charge in [-0.15, -0.1) is 0 Å². The molecule has 0 N–H and O–H groups in total. The van der Waals surface area contributed by atoms with Crippen molar-refractivity contribution in [3.05, 3.63) is 59.9 Å². The molecule has 3 rings (SSSR count). The lowest BCUT2D eigenvalue weighted by Crippen LogP contribution is -2.48. The van der Waals surface area contributed by atoms with Gasteiger partial charge in [0.15, 0.2) is 0 Å². The van der Waals surface area contributed by atoms with E-state index in [1.54, 1.807) is 31.3 Å². The van der Waals surface area contributed by atoms with Gasteiger partial charge in [0.05, 0.1) is 17.4 Å². The van der Waals surface area contributed by atoms with E-state index in [9.17, 15) is 9.59 Å². The Morgan fingerprint density at radius 3 is 2.42 bits per heavy atom. The summed E-state index contributed by atoms with van der Waals surface area (Å²) in [6.07, 6.45) is 3.39. The Balaban J connectivity index is 1.67. The van der Waals surface area contributed by atoms with Crippen molar-refractivity contribution in [1.82, 2.24) is 14.8 Å². The number of hydrogen-bond acceptors (Lipinski definition) is 4. The standard InChI is InChI=1S/C20H24N4O2/c1-16(25)23-8-10-24(11-9-23)19-12-18(13-21-14-19)20(26)22(2)15-17-6-4-3-5-7-17/h3-7,12-14H,8-11,15H2,1-2H3. The SMILES string of the molecule is CC(=O)N1CCN(c2cncc(C(=O)N(C)Cc3ccccc3)c2)CC1. The molecule has 26 heavy (non-hydrogen) atoms. The maximum Gasteiger partial charge on any atom is 0.255 e. The Morgan fingerprint density at radius 1 is 1.08 bits per heavy atom. The van der Waals surface area contributed by atoms with E-state index < -0.39 is 0 Å². The van der Waals surface area contributed by atoms with Crippen molar-refractivity contribution in [3.63, 3.8) is 0 Å². The summed E-state index contributed by atoms with van der Waals surface area (Å²) in [7, 11) is 1.80. The number of benzene rings is 1. The van der Waals surface area contributed by atoms with E-state index in [1.165, 1.54) is 0 Å². The lowest BCUT2D eigenvalue weighted by atomic mass is 10.2. The van der Waals surface area contributed by atoms with Crippen LogP contribution in [0.1, 0.15) is 22.8 Å². The van der Waals surface area contributed by atoms with Gasteiger partial charge in [0.25, 0.3) is 5.91 Å². The summed E-state index contributed by atoms with van der Waals surface area (Å²) in [6.45, 7) is 5.04. The van der Waals surface area contributed by atoms with E-state index in [1.807, 2.05) is 41.3 Å². The molecule has 0 unspecified atom stereocenters. The topological polar surface area (TPSA) is 56.8 Å². The van der Waals surface area contributed by atoms with Crippen LogP contribution in [-0.2, 0) is 11.3 Å². The molecule has 0 bridgehead atoms. The highest BCUT2D eigenvalue weighted by molar-refractivity contribution is 5.94. The molecule has 0 aliphatic carbocycles. The van der Waals surface area contributed by atoms with Gasteiger partial charge in [-0.3, -0.25) is 14.6 Å². The predicted molar refractivity (Wildman–Crippen MR) is 101 cm³/mol. The molecule has 1 saturated heterocycles. The van der Waals surface area contributed by atoms with Crippen molar-refractivity contribution in [3.8, 4) is 0 Å². The number of rotatable bonds is 4. The summed E-state index contributed by atoms with van der Waals surface area (Å²) in [5.41, 5.74) is 2.59. The van der Waals surface area contributed by atoms with E-state index in [2.05, 4.69) is 9.88 Å². The third-order valence-electron chi connectivity index (χ3n) is 4.67. The first-order chi connectivity index (χ1) is 12.5. The van der Waals surface area contributed by atoms with E-state index in [4.69, 9.17) is 0 Å². The van der Waals surface area contributed by atoms with Crippen LogP contribution >= 0.6 is 0 Å². The zero-order valence-corrected chi connectivity index (χ0v) is 15.3. The van der Waals surface area contributed by atoms with Gasteiger partial charge >= 0.3 is 0 Å². The maximum atomic E-state index is 12.7. The van der Waals surface area contributed by atoms with Gasteiger partial charge in [0.1, 0.15) is 0 Å². The van der Waals surface area contributed by atoms with E-state index in [0.29, 0.717) is 25.2 Å². The summed E-state index contributed by atoms with van der Waals surface area (Å²) in [5, 5.41) is 0. The molecular formula is C20H24N4O2. The minimum Gasteiger partial charge on any atom is -0.367 e. The van der Waals surface area contributed by atoms with Crippen LogP contribution in [0.4, 0.5) is 5.69 Å². The summed E-state index contributed by atoms with van der Waals surface area (Å²) >= 11 is 0. The molecule has 1 aromatic carbocycles. The van der Waals surface area contributed by atoms with Gasteiger partial charge < -0.3 is 14.7 Å². The summed E-state index contributed by atoms with van der Waals surface area (Å²) in [6, 6.07) is 11.8. The number of pyridine rings is 1. The lowest BCUT2D eigenvalue weighted by Gasteiger charge is -2.35. The van der Waals surface area contributed by atoms with Crippen molar-refractivity contribution >= 4 is 17.5 Å². The van der Waals surface area contributed by atoms with Crippen molar-refractivity contribution in [1.29, 1.82) is 0 Å². The molecule has 0 radical (unpaired) electrons. The molecule has 2 amide bonds. The van der Waals surface area contributed by atoms with E-state index >= 15 is 0 Å². The highest BCUT2D eigenvalue weighted by atomic mass is 16.2.